The van der Waals surface area contributed by atoms with Gasteiger partial charge in [-0.15, -0.1) is 0 Å². The van der Waals surface area contributed by atoms with Crippen molar-refractivity contribution in [2.75, 3.05) is 0 Å². The Kier molecular flexibility index (Phi) is 7.69. The lowest BCUT2D eigenvalue weighted by molar-refractivity contribution is 0.436. The summed E-state index contributed by atoms with van der Waals surface area (Å²) in [5, 5.41) is 7.21. The average Bonchev–Trinajstić information content (AvgIpc) is 4.15. The van der Waals surface area contributed by atoms with Gasteiger partial charge in [-0.05, 0) is 107 Å². The Balaban J connectivity index is 0.887. The summed E-state index contributed by atoms with van der Waals surface area (Å²) in [7, 11) is 0. The standard InChI is InChI=1S/C64H38N6O/c1-6-20-52-42(13-1)43-14-2-7-21-53(43)68(52)41-27-30-60-51(37-41)64(49-18-11-32-66-62(49)63-50(64)19-12-33-67-63)48-28-25-40(36-61(48)71-60)39-26-29-57-47(35-39)46-17-5-10-24-56(46)70(57)59-38-65-34-31-58(59)69-54-22-8-3-15-44(54)45-16-4-9-23-55(45)69/h1-38H. The van der Waals surface area contributed by atoms with Crippen molar-refractivity contribution >= 4 is 65.4 Å². The number of nitrogens with zero attached hydrogens (tertiary/aromatic N) is 6. The van der Waals surface area contributed by atoms with E-state index in [1.165, 1.54) is 26.9 Å². The number of fused-ring (bicyclic) bond motifs is 18. The van der Waals surface area contributed by atoms with Crippen LogP contribution in [0.5, 0.6) is 11.5 Å². The van der Waals surface area contributed by atoms with E-state index in [2.05, 4.69) is 220 Å². The maximum Gasteiger partial charge on any atom is 0.132 e. The van der Waals surface area contributed by atoms with Crippen LogP contribution >= 0.6 is 0 Å². The second-order valence-corrected chi connectivity index (χ2v) is 18.7. The Morgan fingerprint density at radius 3 is 1.45 bits per heavy atom. The van der Waals surface area contributed by atoms with E-state index in [4.69, 9.17) is 19.7 Å². The van der Waals surface area contributed by atoms with Gasteiger partial charge in [0.05, 0.1) is 67.5 Å². The van der Waals surface area contributed by atoms with Gasteiger partial charge in [0.1, 0.15) is 11.5 Å². The zero-order chi connectivity index (χ0) is 46.4. The molecule has 7 nitrogen and oxygen atoms in total. The van der Waals surface area contributed by atoms with Crippen LogP contribution in [0.15, 0.2) is 231 Å². The van der Waals surface area contributed by atoms with Crippen molar-refractivity contribution in [3.8, 4) is 51.1 Å². The van der Waals surface area contributed by atoms with Gasteiger partial charge in [-0.1, -0.05) is 121 Å². The molecular formula is C64H38N6O. The van der Waals surface area contributed by atoms with Crippen LogP contribution in [0.1, 0.15) is 22.3 Å². The predicted octanol–water partition coefficient (Wildman–Crippen LogP) is 15.3. The van der Waals surface area contributed by atoms with Crippen LogP contribution in [-0.4, -0.2) is 28.7 Å². The van der Waals surface area contributed by atoms with Gasteiger partial charge >= 0.3 is 0 Å². The Morgan fingerprint density at radius 1 is 0.338 bits per heavy atom. The molecule has 2 aliphatic rings. The molecule has 0 atom stereocenters. The number of aromatic nitrogens is 6. The molecule has 1 spiro atoms. The molecule has 0 saturated carbocycles. The summed E-state index contributed by atoms with van der Waals surface area (Å²) in [5.41, 5.74) is 17.5. The van der Waals surface area contributed by atoms with E-state index in [1.807, 2.05) is 24.8 Å². The lowest BCUT2D eigenvalue weighted by Gasteiger charge is -2.39. The Labute approximate surface area is 406 Å². The Bertz CT molecular complexity index is 4440. The van der Waals surface area contributed by atoms with Gasteiger partial charge in [0.2, 0.25) is 0 Å². The number of para-hydroxylation sites is 5. The van der Waals surface area contributed by atoms with E-state index < -0.39 is 5.41 Å². The SMILES string of the molecule is c1cnc2c(c1)C1(c3ccc(-c4ccc5c(c4)c4ccccc4n5-c4cnccc4-n4c5ccccc5c5ccccc54)cc3Oc3ccc(-n4c5ccccc5c5ccccc54)cc31)c1cccnc1-2. The number of benzene rings is 8. The zero-order valence-electron chi connectivity index (χ0n) is 38.0. The van der Waals surface area contributed by atoms with Crippen molar-refractivity contribution in [1.29, 1.82) is 0 Å². The normalized spacial score (nSPS) is 13.3. The maximum absolute atomic E-state index is 7.17. The molecule has 1 aliphatic carbocycles. The number of rotatable bonds is 4. The van der Waals surface area contributed by atoms with Crippen LogP contribution in [0.25, 0.3) is 105 Å². The smallest absolute Gasteiger partial charge is 0.132 e. The highest BCUT2D eigenvalue weighted by Crippen LogP contribution is 2.62. The third-order valence-corrected chi connectivity index (χ3v) is 15.3. The van der Waals surface area contributed by atoms with Gasteiger partial charge in [0, 0.05) is 67.7 Å². The fraction of sp³-hybridized carbons (Fsp3) is 0.0156. The fourth-order valence-electron chi connectivity index (χ4n) is 12.5. The van der Waals surface area contributed by atoms with Crippen LogP contribution < -0.4 is 4.74 Å². The van der Waals surface area contributed by atoms with E-state index in [9.17, 15) is 0 Å². The summed E-state index contributed by atoms with van der Waals surface area (Å²) < 4.78 is 14.3. The summed E-state index contributed by atoms with van der Waals surface area (Å²) in [6.45, 7) is 0. The molecule has 0 saturated heterocycles. The predicted molar refractivity (Wildman–Crippen MR) is 286 cm³/mol. The third kappa shape index (κ3) is 5.08. The van der Waals surface area contributed by atoms with Gasteiger partial charge in [-0.25, -0.2) is 0 Å². The minimum atomic E-state index is -0.751. The molecule has 0 bridgehead atoms. The quantitative estimate of drug-likeness (QED) is 0.176. The highest BCUT2D eigenvalue weighted by atomic mass is 16.5. The molecule has 0 N–H and O–H groups in total. The van der Waals surface area contributed by atoms with E-state index in [-0.39, 0.29) is 0 Å². The minimum Gasteiger partial charge on any atom is -0.457 e. The van der Waals surface area contributed by atoms with E-state index in [0.29, 0.717) is 0 Å². The second kappa shape index (κ2) is 14.2. The monoisotopic (exact) mass is 906 g/mol. The maximum atomic E-state index is 7.17. The summed E-state index contributed by atoms with van der Waals surface area (Å²) >= 11 is 0. The highest BCUT2D eigenvalue weighted by Gasteiger charge is 2.52. The van der Waals surface area contributed by atoms with Gasteiger partial charge in [0.25, 0.3) is 0 Å². The molecule has 0 radical (unpaired) electrons. The van der Waals surface area contributed by atoms with Gasteiger partial charge < -0.3 is 18.4 Å². The second-order valence-electron chi connectivity index (χ2n) is 18.7. The fourth-order valence-corrected chi connectivity index (χ4v) is 12.5. The summed E-state index contributed by atoms with van der Waals surface area (Å²) in [6.07, 6.45) is 7.66. The van der Waals surface area contributed by atoms with Crippen molar-refractivity contribution in [2.24, 2.45) is 0 Å². The van der Waals surface area contributed by atoms with Gasteiger partial charge in [0.15, 0.2) is 0 Å². The van der Waals surface area contributed by atoms with E-state index >= 15 is 0 Å². The van der Waals surface area contributed by atoms with Crippen molar-refractivity contribution in [3.05, 3.63) is 253 Å². The van der Waals surface area contributed by atoms with Crippen LogP contribution in [0.3, 0.4) is 0 Å². The largest absolute Gasteiger partial charge is 0.457 e. The molecule has 1 aliphatic heterocycles. The lowest BCUT2D eigenvalue weighted by Crippen LogP contribution is -2.32. The number of hydrogen-bond donors (Lipinski definition) is 0. The number of pyridine rings is 3. The van der Waals surface area contributed by atoms with E-state index in [1.54, 1.807) is 0 Å². The Hall–Kier alpha value is -9.59. The minimum absolute atomic E-state index is 0.751. The molecule has 330 valence electrons. The van der Waals surface area contributed by atoms with Gasteiger partial charge in [-0.2, -0.15) is 0 Å². The molecule has 71 heavy (non-hydrogen) atoms. The van der Waals surface area contributed by atoms with Gasteiger partial charge in [-0.3, -0.25) is 15.0 Å². The first-order chi connectivity index (χ1) is 35.2. The molecule has 6 aromatic heterocycles. The molecule has 0 fully saturated rings. The average molecular weight is 907 g/mol. The summed E-state index contributed by atoms with van der Waals surface area (Å²) in [4.78, 5) is 14.8. The molecule has 16 rings (SSSR count). The summed E-state index contributed by atoms with van der Waals surface area (Å²) in [5.74, 6) is 1.61. The first-order valence-corrected chi connectivity index (χ1v) is 24.1. The molecule has 7 heterocycles. The topological polar surface area (TPSA) is 62.7 Å². The van der Waals surface area contributed by atoms with Crippen LogP contribution in [-0.2, 0) is 5.41 Å². The highest BCUT2D eigenvalue weighted by molar-refractivity contribution is 6.13. The van der Waals surface area contributed by atoms with Crippen LogP contribution in [0.4, 0.5) is 0 Å². The zero-order valence-corrected chi connectivity index (χ0v) is 38.0. The van der Waals surface area contributed by atoms with Crippen molar-refractivity contribution in [1.82, 2.24) is 28.7 Å². The van der Waals surface area contributed by atoms with Crippen molar-refractivity contribution in [2.45, 2.75) is 5.41 Å². The molecule has 0 unspecified atom stereocenters. The molecule has 0 amide bonds. The number of hydrogen-bond acceptors (Lipinski definition) is 4. The molecule has 14 aromatic rings. The van der Waals surface area contributed by atoms with Crippen LogP contribution in [0.2, 0.25) is 0 Å². The first kappa shape index (κ1) is 38.4. The third-order valence-electron chi connectivity index (χ3n) is 15.3. The summed E-state index contributed by atoms with van der Waals surface area (Å²) in [6, 6.07) is 74.4. The first-order valence-electron chi connectivity index (χ1n) is 24.1. The molecule has 8 aromatic carbocycles. The van der Waals surface area contributed by atoms with Crippen LogP contribution in [0, 0.1) is 0 Å². The lowest BCUT2D eigenvalue weighted by atomic mass is 9.66. The number of ether oxygens (including phenoxy) is 1. The van der Waals surface area contributed by atoms with Crippen molar-refractivity contribution in [3.63, 3.8) is 0 Å². The Morgan fingerprint density at radius 2 is 0.845 bits per heavy atom. The molecular weight excluding hydrogens is 869 g/mol. The molecule has 7 heteroatoms. The van der Waals surface area contributed by atoms with E-state index in [0.717, 1.165) is 112 Å². The van der Waals surface area contributed by atoms with Crippen molar-refractivity contribution < 1.29 is 4.74 Å².